The zero-order valence-electron chi connectivity index (χ0n) is 12.8. The van der Waals surface area contributed by atoms with Crippen LogP contribution in [0.2, 0.25) is 5.02 Å². The molecule has 2 aromatic carbocycles. The molecule has 5 rings (SSSR count). The zero-order valence-corrected chi connectivity index (χ0v) is 13.5. The van der Waals surface area contributed by atoms with Crippen LogP contribution >= 0.6 is 11.6 Å². The predicted octanol–water partition coefficient (Wildman–Crippen LogP) is 3.04. The minimum Gasteiger partial charge on any atom is -0.480 e. The molecule has 2 aliphatic rings. The van der Waals surface area contributed by atoms with Crippen molar-refractivity contribution >= 4 is 34.5 Å². The van der Waals surface area contributed by atoms with Crippen molar-refractivity contribution in [3.8, 4) is 5.75 Å². The number of para-hydroxylation sites is 2. The summed E-state index contributed by atoms with van der Waals surface area (Å²) < 4.78 is 7.93. The van der Waals surface area contributed by atoms with Crippen molar-refractivity contribution in [1.29, 1.82) is 0 Å². The van der Waals surface area contributed by atoms with Gasteiger partial charge in [-0.2, -0.15) is 0 Å². The van der Waals surface area contributed by atoms with Crippen LogP contribution in [0.25, 0.3) is 11.0 Å². The minimum absolute atomic E-state index is 0.0450. The third kappa shape index (κ3) is 1.94. The summed E-state index contributed by atoms with van der Waals surface area (Å²) in [6, 6.07) is 13.4. The van der Waals surface area contributed by atoms with Gasteiger partial charge in [0.15, 0.2) is 6.10 Å². The number of aromatic nitrogens is 2. The van der Waals surface area contributed by atoms with Gasteiger partial charge >= 0.3 is 0 Å². The lowest BCUT2D eigenvalue weighted by Crippen LogP contribution is -2.40. The Morgan fingerprint density at radius 2 is 2.08 bits per heavy atom. The van der Waals surface area contributed by atoms with Crippen LogP contribution in [-0.4, -0.2) is 28.1 Å². The standard InChI is InChI=1S/C18H14ClN3O2/c19-12-5-6-15-11(9-12)10-16(24-15)17(23)22-8-7-21-14-4-2-1-3-13(14)20-18(21)22/h1-6,9,16H,7-8,10H2. The minimum atomic E-state index is -0.509. The normalized spacial score (nSPS) is 18.5. The first-order chi connectivity index (χ1) is 11.7. The summed E-state index contributed by atoms with van der Waals surface area (Å²) in [4.78, 5) is 19.3. The van der Waals surface area contributed by atoms with Gasteiger partial charge in [0, 0.05) is 24.5 Å². The molecule has 3 aromatic rings. The number of imidazole rings is 1. The average Bonchev–Trinajstić information content (AvgIpc) is 3.26. The summed E-state index contributed by atoms with van der Waals surface area (Å²) in [5, 5.41) is 0.661. The molecule has 0 spiro atoms. The predicted molar refractivity (Wildman–Crippen MR) is 91.7 cm³/mol. The molecule has 0 saturated carbocycles. The zero-order chi connectivity index (χ0) is 16.3. The number of hydrogen-bond acceptors (Lipinski definition) is 3. The van der Waals surface area contributed by atoms with Crippen molar-refractivity contribution in [2.75, 3.05) is 11.4 Å². The van der Waals surface area contributed by atoms with Crippen LogP contribution < -0.4 is 9.64 Å². The van der Waals surface area contributed by atoms with Crippen molar-refractivity contribution in [1.82, 2.24) is 9.55 Å². The Labute approximate surface area is 143 Å². The van der Waals surface area contributed by atoms with Crippen LogP contribution in [0.3, 0.4) is 0 Å². The van der Waals surface area contributed by atoms with Gasteiger partial charge < -0.3 is 9.30 Å². The smallest absolute Gasteiger partial charge is 0.270 e. The van der Waals surface area contributed by atoms with Crippen molar-refractivity contribution in [2.45, 2.75) is 19.1 Å². The molecule has 1 aromatic heterocycles. The van der Waals surface area contributed by atoms with Crippen LogP contribution in [0.1, 0.15) is 5.56 Å². The topological polar surface area (TPSA) is 47.4 Å². The summed E-state index contributed by atoms with van der Waals surface area (Å²) in [5.41, 5.74) is 2.95. The molecular weight excluding hydrogens is 326 g/mol. The molecule has 1 unspecified atom stereocenters. The molecule has 0 radical (unpaired) electrons. The second-order valence-corrected chi connectivity index (χ2v) is 6.54. The number of halogens is 1. The number of anilines is 1. The van der Waals surface area contributed by atoms with Crippen molar-refractivity contribution < 1.29 is 9.53 Å². The van der Waals surface area contributed by atoms with E-state index in [1.807, 2.05) is 36.4 Å². The largest absolute Gasteiger partial charge is 0.480 e. The number of hydrogen-bond donors (Lipinski definition) is 0. The number of rotatable bonds is 1. The third-order valence-electron chi connectivity index (χ3n) is 4.66. The molecule has 120 valence electrons. The quantitative estimate of drug-likeness (QED) is 0.684. The SMILES string of the molecule is O=C(C1Cc2cc(Cl)ccc2O1)N1CCn2c1nc1ccccc12. The number of amides is 1. The fraction of sp³-hybridized carbons (Fsp3) is 0.222. The number of ether oxygens (including phenoxy) is 1. The molecule has 0 bridgehead atoms. The fourth-order valence-corrected chi connectivity index (χ4v) is 3.72. The maximum atomic E-state index is 13.0. The van der Waals surface area contributed by atoms with Crippen molar-refractivity contribution in [3.63, 3.8) is 0 Å². The van der Waals surface area contributed by atoms with E-state index in [-0.39, 0.29) is 5.91 Å². The summed E-state index contributed by atoms with van der Waals surface area (Å²) in [7, 11) is 0. The maximum Gasteiger partial charge on any atom is 0.270 e. The lowest BCUT2D eigenvalue weighted by Gasteiger charge is -2.18. The van der Waals surface area contributed by atoms with Gasteiger partial charge in [0.1, 0.15) is 5.75 Å². The first kappa shape index (κ1) is 13.9. The molecule has 0 fully saturated rings. The average molecular weight is 340 g/mol. The summed E-state index contributed by atoms with van der Waals surface area (Å²) >= 11 is 6.03. The monoisotopic (exact) mass is 339 g/mol. The third-order valence-corrected chi connectivity index (χ3v) is 4.90. The maximum absolute atomic E-state index is 13.0. The van der Waals surface area contributed by atoms with E-state index in [1.54, 1.807) is 11.0 Å². The molecule has 1 amide bonds. The number of fused-ring (bicyclic) bond motifs is 4. The van der Waals surface area contributed by atoms with Crippen molar-refractivity contribution in [2.24, 2.45) is 0 Å². The lowest BCUT2D eigenvalue weighted by atomic mass is 10.1. The van der Waals surface area contributed by atoms with Gasteiger partial charge in [-0.05, 0) is 35.9 Å². The van der Waals surface area contributed by atoms with E-state index < -0.39 is 6.10 Å². The van der Waals surface area contributed by atoms with E-state index in [9.17, 15) is 4.79 Å². The Kier molecular flexibility index (Phi) is 2.88. The molecule has 3 heterocycles. The van der Waals surface area contributed by atoms with Gasteiger partial charge in [-0.25, -0.2) is 4.98 Å². The fourth-order valence-electron chi connectivity index (χ4n) is 3.53. The second kappa shape index (κ2) is 4.98. The molecule has 24 heavy (non-hydrogen) atoms. The highest BCUT2D eigenvalue weighted by Gasteiger charge is 2.37. The molecule has 5 nitrogen and oxygen atoms in total. The molecule has 6 heteroatoms. The molecule has 0 aliphatic carbocycles. The van der Waals surface area contributed by atoms with Crippen LogP contribution in [0, 0.1) is 0 Å². The van der Waals surface area contributed by atoms with Crippen molar-refractivity contribution in [3.05, 3.63) is 53.1 Å². The van der Waals surface area contributed by atoms with E-state index in [0.29, 0.717) is 23.9 Å². The Balaban J connectivity index is 1.46. The van der Waals surface area contributed by atoms with Gasteiger partial charge in [-0.3, -0.25) is 9.69 Å². The Morgan fingerprint density at radius 1 is 1.21 bits per heavy atom. The molecule has 0 saturated heterocycles. The Bertz CT molecular complexity index is 982. The summed E-state index contributed by atoms with van der Waals surface area (Å²) in [5.74, 6) is 1.40. The van der Waals surface area contributed by atoms with E-state index in [0.717, 1.165) is 28.9 Å². The van der Waals surface area contributed by atoms with Crippen LogP contribution in [0.4, 0.5) is 5.95 Å². The van der Waals surface area contributed by atoms with Gasteiger partial charge in [-0.1, -0.05) is 23.7 Å². The highest BCUT2D eigenvalue weighted by atomic mass is 35.5. The second-order valence-electron chi connectivity index (χ2n) is 6.10. The summed E-state index contributed by atoms with van der Waals surface area (Å²) in [6.45, 7) is 1.38. The number of benzene rings is 2. The first-order valence-electron chi connectivity index (χ1n) is 7.92. The van der Waals surface area contributed by atoms with Gasteiger partial charge in [0.25, 0.3) is 5.91 Å². The van der Waals surface area contributed by atoms with E-state index >= 15 is 0 Å². The molecule has 2 aliphatic heterocycles. The first-order valence-corrected chi connectivity index (χ1v) is 8.30. The van der Waals surface area contributed by atoms with E-state index in [4.69, 9.17) is 16.3 Å². The van der Waals surface area contributed by atoms with Crippen LogP contribution in [0.5, 0.6) is 5.75 Å². The number of nitrogens with zero attached hydrogens (tertiary/aromatic N) is 3. The highest BCUT2D eigenvalue weighted by molar-refractivity contribution is 6.30. The van der Waals surface area contributed by atoms with E-state index in [2.05, 4.69) is 9.55 Å². The highest BCUT2D eigenvalue weighted by Crippen LogP contribution is 2.34. The molecule has 0 N–H and O–H groups in total. The summed E-state index contributed by atoms with van der Waals surface area (Å²) in [6.07, 6.45) is 0.0377. The number of carbonyl (C=O) groups excluding carboxylic acids is 1. The molecular formula is C18H14ClN3O2. The Morgan fingerprint density at radius 3 is 3.00 bits per heavy atom. The van der Waals surface area contributed by atoms with Gasteiger partial charge in [0.2, 0.25) is 5.95 Å². The lowest BCUT2D eigenvalue weighted by molar-refractivity contribution is -0.124. The van der Waals surface area contributed by atoms with Crippen LogP contribution in [-0.2, 0) is 17.8 Å². The van der Waals surface area contributed by atoms with Gasteiger partial charge in [-0.15, -0.1) is 0 Å². The molecule has 1 atom stereocenters. The van der Waals surface area contributed by atoms with Gasteiger partial charge in [0.05, 0.1) is 11.0 Å². The number of carbonyl (C=O) groups is 1. The van der Waals surface area contributed by atoms with Crippen LogP contribution in [0.15, 0.2) is 42.5 Å². The van der Waals surface area contributed by atoms with E-state index in [1.165, 1.54) is 0 Å². The Hall–Kier alpha value is -2.53.